The van der Waals surface area contributed by atoms with Gasteiger partial charge in [0.15, 0.2) is 0 Å². The lowest BCUT2D eigenvalue weighted by atomic mass is 10.0. The van der Waals surface area contributed by atoms with Gasteiger partial charge in [0.25, 0.3) is 0 Å². The summed E-state index contributed by atoms with van der Waals surface area (Å²) < 4.78 is 10.5. The van der Waals surface area contributed by atoms with Gasteiger partial charge >= 0.3 is 5.97 Å². The third-order valence-corrected chi connectivity index (χ3v) is 3.18. The molecule has 2 rings (SSSR count). The van der Waals surface area contributed by atoms with Crippen molar-refractivity contribution in [2.75, 3.05) is 12.8 Å². The number of carbonyl (C=O) groups excluding carboxylic acids is 1. The van der Waals surface area contributed by atoms with Gasteiger partial charge in [0, 0.05) is 5.69 Å². The van der Waals surface area contributed by atoms with E-state index in [1.54, 1.807) is 18.2 Å². The molecule has 2 aromatic carbocycles. The molecule has 110 valence electrons. The number of hydrogen-bond donors (Lipinski definition) is 1. The second-order valence-electron chi connectivity index (χ2n) is 5.07. The van der Waals surface area contributed by atoms with Crippen LogP contribution in [0.2, 0.25) is 0 Å². The molecule has 0 spiro atoms. The fraction of sp³-hybridized carbons (Fsp3) is 0.235. The lowest BCUT2D eigenvalue weighted by Crippen LogP contribution is -2.04. The average molecular weight is 285 g/mol. The van der Waals surface area contributed by atoms with E-state index in [-0.39, 0.29) is 0 Å². The van der Waals surface area contributed by atoms with E-state index in [4.69, 9.17) is 15.2 Å². The van der Waals surface area contributed by atoms with Gasteiger partial charge in [-0.25, -0.2) is 4.79 Å². The van der Waals surface area contributed by atoms with Crippen LogP contribution in [0.5, 0.6) is 11.5 Å². The molecule has 21 heavy (non-hydrogen) atoms. The maximum absolute atomic E-state index is 11.8. The van der Waals surface area contributed by atoms with E-state index < -0.39 is 5.97 Å². The van der Waals surface area contributed by atoms with Crippen molar-refractivity contribution in [3.8, 4) is 11.5 Å². The van der Waals surface area contributed by atoms with Crippen LogP contribution in [0, 0.1) is 0 Å². The molecule has 2 aromatic rings. The van der Waals surface area contributed by atoms with Crippen LogP contribution < -0.4 is 10.5 Å². The van der Waals surface area contributed by atoms with E-state index >= 15 is 0 Å². The number of benzene rings is 2. The molecule has 0 aliphatic heterocycles. The molecule has 0 aliphatic carbocycles. The van der Waals surface area contributed by atoms with Crippen LogP contribution in [-0.4, -0.2) is 13.1 Å². The van der Waals surface area contributed by atoms with E-state index in [2.05, 4.69) is 13.8 Å². The minimum absolute atomic E-state index is 0.311. The molecule has 0 unspecified atom stereocenters. The summed E-state index contributed by atoms with van der Waals surface area (Å²) in [6, 6.07) is 12.7. The predicted molar refractivity (Wildman–Crippen MR) is 82.8 cm³/mol. The molecular weight excluding hydrogens is 266 g/mol. The van der Waals surface area contributed by atoms with Crippen molar-refractivity contribution in [3.63, 3.8) is 0 Å². The third kappa shape index (κ3) is 3.54. The summed E-state index contributed by atoms with van der Waals surface area (Å²) in [6.07, 6.45) is 0. The molecule has 2 N–H and O–H groups in total. The second-order valence-corrected chi connectivity index (χ2v) is 5.07. The monoisotopic (exact) mass is 285 g/mol. The quantitative estimate of drug-likeness (QED) is 0.682. The third-order valence-electron chi connectivity index (χ3n) is 3.18. The van der Waals surface area contributed by atoms with Gasteiger partial charge < -0.3 is 15.2 Å². The Morgan fingerprint density at radius 2 is 1.76 bits per heavy atom. The predicted octanol–water partition coefficient (Wildman–Crippen LogP) is 3.97. The number of ether oxygens (including phenoxy) is 2. The molecular formula is C17H19NO3. The van der Waals surface area contributed by atoms with Crippen LogP contribution in [0.4, 0.5) is 5.69 Å². The van der Waals surface area contributed by atoms with Crippen molar-refractivity contribution in [1.82, 2.24) is 0 Å². The number of rotatable bonds is 4. The van der Waals surface area contributed by atoms with Crippen molar-refractivity contribution in [2.45, 2.75) is 19.8 Å². The molecule has 0 bridgehead atoms. The second kappa shape index (κ2) is 6.31. The molecule has 0 saturated carbocycles. The number of nitrogens with two attached hydrogens (primary N) is 1. The van der Waals surface area contributed by atoms with Gasteiger partial charge in [-0.15, -0.1) is 0 Å². The Morgan fingerprint density at radius 3 is 2.33 bits per heavy atom. The van der Waals surface area contributed by atoms with Gasteiger partial charge in [0.2, 0.25) is 0 Å². The number of methoxy groups -OCH3 is 1. The number of nitrogen functional groups attached to an aromatic ring is 1. The first-order valence-corrected chi connectivity index (χ1v) is 6.77. The first-order valence-electron chi connectivity index (χ1n) is 6.77. The number of carbonyl (C=O) groups is 1. The lowest BCUT2D eigenvalue weighted by Gasteiger charge is -2.12. The topological polar surface area (TPSA) is 61.5 Å². The van der Waals surface area contributed by atoms with E-state index in [1.165, 1.54) is 12.7 Å². The van der Waals surface area contributed by atoms with Gasteiger partial charge in [-0.1, -0.05) is 26.0 Å². The Hall–Kier alpha value is -2.49. The van der Waals surface area contributed by atoms with Crippen LogP contribution >= 0.6 is 0 Å². The van der Waals surface area contributed by atoms with Crippen LogP contribution in [0.15, 0.2) is 42.5 Å². The molecule has 0 heterocycles. The van der Waals surface area contributed by atoms with Crippen LogP contribution in [0.25, 0.3) is 0 Å². The van der Waals surface area contributed by atoms with Crippen molar-refractivity contribution >= 4 is 11.7 Å². The van der Waals surface area contributed by atoms with Crippen molar-refractivity contribution in [2.24, 2.45) is 0 Å². The molecule has 0 amide bonds. The zero-order chi connectivity index (χ0) is 15.4. The average Bonchev–Trinajstić information content (AvgIpc) is 2.48. The lowest BCUT2D eigenvalue weighted by molar-refractivity contribution is 0.0598. The maximum atomic E-state index is 11.8. The molecule has 0 radical (unpaired) electrons. The highest BCUT2D eigenvalue weighted by atomic mass is 16.5. The SMILES string of the molecule is COC(=O)c1cc(N)ccc1Oc1ccc(C(C)C)cc1. The number of esters is 1. The normalized spacial score (nSPS) is 10.5. The zero-order valence-corrected chi connectivity index (χ0v) is 12.4. The Bertz CT molecular complexity index is 633. The Morgan fingerprint density at radius 1 is 1.10 bits per heavy atom. The van der Waals surface area contributed by atoms with Crippen molar-refractivity contribution < 1.29 is 14.3 Å². The molecule has 0 aliphatic rings. The van der Waals surface area contributed by atoms with Gasteiger partial charge in [0.05, 0.1) is 7.11 Å². The molecule has 4 heteroatoms. The first kappa shape index (κ1) is 14.9. The van der Waals surface area contributed by atoms with E-state index in [9.17, 15) is 4.79 Å². The van der Waals surface area contributed by atoms with Crippen molar-refractivity contribution in [1.29, 1.82) is 0 Å². The van der Waals surface area contributed by atoms with E-state index in [0.717, 1.165) is 0 Å². The largest absolute Gasteiger partial charge is 0.465 e. The summed E-state index contributed by atoms with van der Waals surface area (Å²) in [5.41, 5.74) is 7.73. The van der Waals surface area contributed by atoms with Gasteiger partial charge in [-0.3, -0.25) is 0 Å². The standard InChI is InChI=1S/C17H19NO3/c1-11(2)12-4-7-14(8-5-12)21-16-9-6-13(18)10-15(16)17(19)20-3/h4-11H,18H2,1-3H3. The molecule has 4 nitrogen and oxygen atoms in total. The minimum Gasteiger partial charge on any atom is -0.465 e. The summed E-state index contributed by atoms with van der Waals surface area (Å²) in [7, 11) is 1.33. The highest BCUT2D eigenvalue weighted by Crippen LogP contribution is 2.28. The zero-order valence-electron chi connectivity index (χ0n) is 12.4. The highest BCUT2D eigenvalue weighted by molar-refractivity contribution is 5.93. The molecule has 0 atom stereocenters. The Labute approximate surface area is 124 Å². The van der Waals surface area contributed by atoms with Crippen molar-refractivity contribution in [3.05, 3.63) is 53.6 Å². The summed E-state index contributed by atoms with van der Waals surface area (Å²) >= 11 is 0. The fourth-order valence-electron chi connectivity index (χ4n) is 1.95. The van der Waals surface area contributed by atoms with Crippen LogP contribution in [0.3, 0.4) is 0 Å². The summed E-state index contributed by atoms with van der Waals surface area (Å²) in [4.78, 5) is 11.8. The smallest absolute Gasteiger partial charge is 0.341 e. The van der Waals surface area contributed by atoms with Crippen LogP contribution in [-0.2, 0) is 4.74 Å². The maximum Gasteiger partial charge on any atom is 0.341 e. The van der Waals surface area contributed by atoms with Gasteiger partial charge in [-0.05, 0) is 41.8 Å². The van der Waals surface area contributed by atoms with E-state index in [0.29, 0.717) is 28.7 Å². The Balaban J connectivity index is 2.28. The number of anilines is 1. The first-order chi connectivity index (χ1) is 10.0. The Kier molecular flexibility index (Phi) is 4.48. The molecule has 0 aromatic heterocycles. The fourth-order valence-corrected chi connectivity index (χ4v) is 1.95. The van der Waals surface area contributed by atoms with Gasteiger partial charge in [0.1, 0.15) is 17.1 Å². The van der Waals surface area contributed by atoms with Gasteiger partial charge in [-0.2, -0.15) is 0 Å². The molecule has 0 saturated heterocycles. The summed E-state index contributed by atoms with van der Waals surface area (Å²) in [5.74, 6) is 1.07. The highest BCUT2D eigenvalue weighted by Gasteiger charge is 2.14. The summed E-state index contributed by atoms with van der Waals surface area (Å²) in [5, 5.41) is 0. The molecule has 0 fully saturated rings. The van der Waals surface area contributed by atoms with E-state index in [1.807, 2.05) is 24.3 Å². The minimum atomic E-state index is -0.476. The van der Waals surface area contributed by atoms with Crippen LogP contribution in [0.1, 0.15) is 35.7 Å². The summed E-state index contributed by atoms with van der Waals surface area (Å²) in [6.45, 7) is 4.26. The number of hydrogen-bond acceptors (Lipinski definition) is 4.